The van der Waals surface area contributed by atoms with Crippen molar-refractivity contribution in [2.45, 2.75) is 71.9 Å². The third-order valence-electron chi connectivity index (χ3n) is 3.22. The molecule has 3 heteroatoms. The predicted octanol–water partition coefficient (Wildman–Crippen LogP) is 2.97. The lowest BCUT2D eigenvalue weighted by Crippen LogP contribution is -2.48. The van der Waals surface area contributed by atoms with Crippen molar-refractivity contribution in [3.63, 3.8) is 0 Å². The summed E-state index contributed by atoms with van der Waals surface area (Å²) in [5.74, 6) is 0.748. The number of aliphatic hydroxyl groups excluding tert-OH is 1. The molecule has 0 spiro atoms. The van der Waals surface area contributed by atoms with E-state index in [0.717, 1.165) is 38.3 Å². The molecule has 2 N–H and O–H groups in total. The van der Waals surface area contributed by atoms with E-state index < -0.39 is 0 Å². The first kappa shape index (κ1) is 17.9. The van der Waals surface area contributed by atoms with Gasteiger partial charge in [0.25, 0.3) is 0 Å². The molecule has 0 aliphatic heterocycles. The van der Waals surface area contributed by atoms with Crippen molar-refractivity contribution in [1.82, 2.24) is 5.32 Å². The van der Waals surface area contributed by atoms with E-state index in [1.54, 1.807) is 0 Å². The SMILES string of the molecule is CCCNC(C)(CO)CC(C)OCCCC(C)C. The molecule has 0 bridgehead atoms. The van der Waals surface area contributed by atoms with Crippen molar-refractivity contribution in [3.05, 3.63) is 0 Å². The molecule has 0 fully saturated rings. The Morgan fingerprint density at radius 3 is 2.44 bits per heavy atom. The fourth-order valence-electron chi connectivity index (χ4n) is 2.09. The van der Waals surface area contributed by atoms with Crippen LogP contribution in [0.3, 0.4) is 0 Å². The predicted molar refractivity (Wildman–Crippen MR) is 77.9 cm³/mol. The van der Waals surface area contributed by atoms with Gasteiger partial charge >= 0.3 is 0 Å². The molecule has 0 aromatic carbocycles. The quantitative estimate of drug-likeness (QED) is 0.561. The van der Waals surface area contributed by atoms with Crippen LogP contribution >= 0.6 is 0 Å². The minimum Gasteiger partial charge on any atom is -0.394 e. The highest BCUT2D eigenvalue weighted by Gasteiger charge is 2.25. The van der Waals surface area contributed by atoms with E-state index in [1.165, 1.54) is 6.42 Å². The highest BCUT2D eigenvalue weighted by atomic mass is 16.5. The normalized spacial score (nSPS) is 16.8. The van der Waals surface area contributed by atoms with E-state index in [1.807, 2.05) is 0 Å². The second kappa shape index (κ2) is 9.76. The molecule has 2 atom stereocenters. The van der Waals surface area contributed by atoms with Crippen LogP contribution in [0.25, 0.3) is 0 Å². The van der Waals surface area contributed by atoms with Crippen LogP contribution in [-0.2, 0) is 4.74 Å². The number of aliphatic hydroxyl groups is 1. The summed E-state index contributed by atoms with van der Waals surface area (Å²) in [4.78, 5) is 0. The van der Waals surface area contributed by atoms with Crippen molar-refractivity contribution >= 4 is 0 Å². The van der Waals surface area contributed by atoms with Gasteiger partial charge in [-0.2, -0.15) is 0 Å². The number of hydrogen-bond acceptors (Lipinski definition) is 3. The summed E-state index contributed by atoms with van der Waals surface area (Å²) in [5.41, 5.74) is -0.215. The Labute approximate surface area is 113 Å². The van der Waals surface area contributed by atoms with E-state index in [2.05, 4.69) is 39.9 Å². The monoisotopic (exact) mass is 259 g/mol. The Kier molecular flexibility index (Phi) is 9.70. The standard InChI is InChI=1S/C15H33NO2/c1-6-9-16-15(5,12-17)11-14(4)18-10-7-8-13(2)3/h13-14,16-17H,6-12H2,1-5H3. The smallest absolute Gasteiger partial charge is 0.0611 e. The molecular weight excluding hydrogens is 226 g/mol. The zero-order valence-electron chi connectivity index (χ0n) is 13.0. The highest BCUT2D eigenvalue weighted by molar-refractivity contribution is 4.84. The van der Waals surface area contributed by atoms with Crippen LogP contribution in [0.1, 0.15) is 60.3 Å². The fourth-order valence-corrected chi connectivity index (χ4v) is 2.09. The molecule has 0 heterocycles. The Balaban J connectivity index is 3.84. The Morgan fingerprint density at radius 2 is 1.94 bits per heavy atom. The van der Waals surface area contributed by atoms with Gasteiger partial charge in [-0.3, -0.25) is 0 Å². The molecule has 110 valence electrons. The maximum absolute atomic E-state index is 9.49. The van der Waals surface area contributed by atoms with E-state index >= 15 is 0 Å². The summed E-state index contributed by atoms with van der Waals surface area (Å²) in [6, 6.07) is 0. The molecule has 0 aromatic heterocycles. The van der Waals surface area contributed by atoms with E-state index in [9.17, 15) is 5.11 Å². The summed E-state index contributed by atoms with van der Waals surface area (Å²) in [5, 5.41) is 12.9. The van der Waals surface area contributed by atoms with Gasteiger partial charge in [-0.05, 0) is 52.0 Å². The molecule has 0 aliphatic rings. The molecule has 0 aromatic rings. The molecule has 0 saturated heterocycles. The van der Waals surface area contributed by atoms with E-state index in [4.69, 9.17) is 4.74 Å². The first-order valence-electron chi connectivity index (χ1n) is 7.41. The van der Waals surface area contributed by atoms with Gasteiger partial charge in [0.2, 0.25) is 0 Å². The number of ether oxygens (including phenoxy) is 1. The van der Waals surface area contributed by atoms with Crippen LogP contribution < -0.4 is 5.32 Å². The Bertz CT molecular complexity index is 197. The van der Waals surface area contributed by atoms with Gasteiger partial charge in [-0.25, -0.2) is 0 Å². The summed E-state index contributed by atoms with van der Waals surface area (Å²) in [6.45, 7) is 12.7. The van der Waals surface area contributed by atoms with Crippen molar-refractivity contribution < 1.29 is 9.84 Å². The second-order valence-electron chi connectivity index (χ2n) is 6.07. The summed E-state index contributed by atoms with van der Waals surface area (Å²) >= 11 is 0. The molecule has 0 saturated carbocycles. The topological polar surface area (TPSA) is 41.5 Å². The first-order valence-corrected chi connectivity index (χ1v) is 7.41. The van der Waals surface area contributed by atoms with E-state index in [0.29, 0.717) is 0 Å². The third-order valence-corrected chi connectivity index (χ3v) is 3.22. The number of hydrogen-bond donors (Lipinski definition) is 2. The van der Waals surface area contributed by atoms with Crippen LogP contribution in [0.5, 0.6) is 0 Å². The van der Waals surface area contributed by atoms with Gasteiger partial charge in [-0.15, -0.1) is 0 Å². The van der Waals surface area contributed by atoms with Crippen molar-refractivity contribution in [1.29, 1.82) is 0 Å². The molecular formula is C15H33NO2. The van der Waals surface area contributed by atoms with Crippen LogP contribution in [-0.4, -0.2) is 36.5 Å². The van der Waals surface area contributed by atoms with Gasteiger partial charge in [-0.1, -0.05) is 20.8 Å². The average Bonchev–Trinajstić information content (AvgIpc) is 2.32. The van der Waals surface area contributed by atoms with Crippen LogP contribution in [0.2, 0.25) is 0 Å². The van der Waals surface area contributed by atoms with Crippen LogP contribution in [0.15, 0.2) is 0 Å². The molecule has 0 amide bonds. The molecule has 0 rings (SSSR count). The largest absolute Gasteiger partial charge is 0.394 e. The number of nitrogens with one attached hydrogen (secondary N) is 1. The average molecular weight is 259 g/mol. The van der Waals surface area contributed by atoms with Gasteiger partial charge in [0.15, 0.2) is 0 Å². The fraction of sp³-hybridized carbons (Fsp3) is 1.00. The lowest BCUT2D eigenvalue weighted by molar-refractivity contribution is 0.0255. The minimum atomic E-state index is -0.215. The zero-order valence-corrected chi connectivity index (χ0v) is 13.0. The Morgan fingerprint density at radius 1 is 1.28 bits per heavy atom. The van der Waals surface area contributed by atoms with Crippen molar-refractivity contribution in [2.24, 2.45) is 5.92 Å². The molecule has 18 heavy (non-hydrogen) atoms. The summed E-state index contributed by atoms with van der Waals surface area (Å²) < 4.78 is 5.82. The second-order valence-corrected chi connectivity index (χ2v) is 6.07. The maximum atomic E-state index is 9.49. The molecule has 2 unspecified atom stereocenters. The van der Waals surface area contributed by atoms with Gasteiger partial charge in [0.05, 0.1) is 12.7 Å². The number of rotatable bonds is 11. The minimum absolute atomic E-state index is 0.159. The lowest BCUT2D eigenvalue weighted by Gasteiger charge is -2.31. The highest BCUT2D eigenvalue weighted by Crippen LogP contribution is 2.15. The van der Waals surface area contributed by atoms with Gasteiger partial charge in [0, 0.05) is 12.1 Å². The molecule has 0 aliphatic carbocycles. The molecule has 0 radical (unpaired) electrons. The van der Waals surface area contributed by atoms with Gasteiger partial charge in [0.1, 0.15) is 0 Å². The summed E-state index contributed by atoms with van der Waals surface area (Å²) in [6.07, 6.45) is 4.47. The first-order chi connectivity index (χ1) is 8.43. The van der Waals surface area contributed by atoms with Crippen LogP contribution in [0.4, 0.5) is 0 Å². The van der Waals surface area contributed by atoms with Crippen LogP contribution in [0, 0.1) is 5.92 Å². The van der Waals surface area contributed by atoms with Gasteiger partial charge < -0.3 is 15.2 Å². The third kappa shape index (κ3) is 8.90. The zero-order chi connectivity index (χ0) is 14.0. The van der Waals surface area contributed by atoms with Crippen molar-refractivity contribution in [3.8, 4) is 0 Å². The van der Waals surface area contributed by atoms with E-state index in [-0.39, 0.29) is 18.2 Å². The maximum Gasteiger partial charge on any atom is 0.0611 e. The Hall–Kier alpha value is -0.120. The lowest BCUT2D eigenvalue weighted by atomic mass is 9.95. The molecule has 3 nitrogen and oxygen atoms in total. The summed E-state index contributed by atoms with van der Waals surface area (Å²) in [7, 11) is 0. The van der Waals surface area contributed by atoms with Crippen molar-refractivity contribution in [2.75, 3.05) is 19.8 Å².